The summed E-state index contributed by atoms with van der Waals surface area (Å²) in [6.45, 7) is 1.41. The molecule has 0 amide bonds. The van der Waals surface area contributed by atoms with Crippen LogP contribution in [0, 0.1) is 0 Å². The summed E-state index contributed by atoms with van der Waals surface area (Å²) in [4.78, 5) is 8.76. The maximum absolute atomic E-state index is 13.3. The van der Waals surface area contributed by atoms with Crippen LogP contribution in [0.4, 0.5) is 13.2 Å². The molecule has 2 aliphatic rings. The molecule has 31 heavy (non-hydrogen) atoms. The molecular weight excluding hydrogens is 409 g/mol. The van der Waals surface area contributed by atoms with E-state index >= 15 is 0 Å². The number of ether oxygens (including phenoxy) is 1. The molecule has 1 aromatic carbocycles. The van der Waals surface area contributed by atoms with E-state index in [1.165, 1.54) is 11.8 Å². The highest BCUT2D eigenvalue weighted by atomic mass is 19.4. The predicted molar refractivity (Wildman–Crippen MR) is 107 cm³/mol. The first-order valence-corrected chi connectivity index (χ1v) is 10.0. The number of para-hydroxylation sites is 1. The van der Waals surface area contributed by atoms with Crippen molar-refractivity contribution in [3.63, 3.8) is 0 Å². The lowest BCUT2D eigenvalue weighted by Gasteiger charge is -2.26. The van der Waals surface area contributed by atoms with Crippen molar-refractivity contribution >= 4 is 0 Å². The summed E-state index contributed by atoms with van der Waals surface area (Å²) in [5.74, 6) is 1.22. The predicted octanol–water partition coefficient (Wildman–Crippen LogP) is 3.10. The van der Waals surface area contributed by atoms with Crippen molar-refractivity contribution in [3.05, 3.63) is 66.2 Å². The molecule has 7 nitrogen and oxygen atoms in total. The van der Waals surface area contributed by atoms with Crippen LogP contribution in [0.2, 0.25) is 0 Å². The number of hydrazine groups is 2. The zero-order valence-corrected chi connectivity index (χ0v) is 16.4. The van der Waals surface area contributed by atoms with E-state index in [1.807, 2.05) is 29.0 Å². The molecule has 5 rings (SSSR count). The number of hydrogen-bond acceptors (Lipinski definition) is 6. The number of nitrogens with zero attached hydrogens (tertiary/aromatic N) is 3. The molecule has 3 unspecified atom stereocenters. The van der Waals surface area contributed by atoms with Crippen LogP contribution >= 0.6 is 0 Å². The van der Waals surface area contributed by atoms with Gasteiger partial charge in [0.05, 0.1) is 24.7 Å². The number of nitrogens with one attached hydrogen (secondary N) is 3. The molecule has 2 aromatic heterocycles. The fourth-order valence-corrected chi connectivity index (χ4v) is 4.14. The average molecular weight is 430 g/mol. The first-order chi connectivity index (χ1) is 15.0. The maximum atomic E-state index is 13.3. The Morgan fingerprint density at radius 2 is 1.97 bits per heavy atom. The fraction of sp³-hybridized carbons (Fsp3) is 0.333. The summed E-state index contributed by atoms with van der Waals surface area (Å²) >= 11 is 0. The molecule has 0 bridgehead atoms. The Morgan fingerprint density at radius 3 is 2.84 bits per heavy atom. The highest BCUT2D eigenvalue weighted by molar-refractivity contribution is 5.54. The van der Waals surface area contributed by atoms with E-state index in [0.29, 0.717) is 29.5 Å². The highest BCUT2D eigenvalue weighted by Gasteiger charge is 2.48. The molecular formula is C21H21F3N6O. The number of fused-ring (bicyclic) bond motifs is 1. The van der Waals surface area contributed by atoms with E-state index in [1.54, 1.807) is 18.5 Å². The van der Waals surface area contributed by atoms with Gasteiger partial charge in [0.2, 0.25) is 0 Å². The summed E-state index contributed by atoms with van der Waals surface area (Å²) in [5.41, 5.74) is 10.0. The number of rotatable bonds is 4. The number of halogens is 3. The minimum absolute atomic E-state index is 0.304. The van der Waals surface area contributed by atoms with Crippen molar-refractivity contribution in [2.75, 3.05) is 6.61 Å². The molecule has 0 aliphatic carbocycles. The van der Waals surface area contributed by atoms with Gasteiger partial charge in [-0.15, -0.1) is 0 Å². The first kappa shape index (κ1) is 20.0. The Balaban J connectivity index is 1.36. The number of alkyl halides is 3. The second-order valence-corrected chi connectivity index (χ2v) is 7.71. The largest absolute Gasteiger partial charge is 0.493 e. The van der Waals surface area contributed by atoms with E-state index in [4.69, 9.17) is 4.74 Å². The minimum Gasteiger partial charge on any atom is -0.493 e. The molecule has 0 saturated carbocycles. The third kappa shape index (κ3) is 4.01. The van der Waals surface area contributed by atoms with Gasteiger partial charge in [0, 0.05) is 24.9 Å². The number of aromatic nitrogens is 3. The van der Waals surface area contributed by atoms with E-state index in [9.17, 15) is 13.2 Å². The first-order valence-electron chi connectivity index (χ1n) is 10.0. The molecule has 2 aliphatic heterocycles. The van der Waals surface area contributed by atoms with Gasteiger partial charge in [-0.1, -0.05) is 18.2 Å². The lowest BCUT2D eigenvalue weighted by molar-refractivity contribution is -0.156. The quantitative estimate of drug-likeness (QED) is 0.591. The molecule has 1 fully saturated rings. The van der Waals surface area contributed by atoms with E-state index in [2.05, 4.69) is 32.4 Å². The van der Waals surface area contributed by atoms with Gasteiger partial charge in [-0.3, -0.25) is 4.98 Å². The zero-order valence-electron chi connectivity index (χ0n) is 16.4. The Morgan fingerprint density at radius 1 is 1.10 bits per heavy atom. The van der Waals surface area contributed by atoms with Crippen LogP contribution in [0.3, 0.4) is 0 Å². The zero-order chi connectivity index (χ0) is 21.4. The van der Waals surface area contributed by atoms with Crippen molar-refractivity contribution in [2.24, 2.45) is 0 Å². The monoisotopic (exact) mass is 430 g/mol. The Labute approximate surface area is 176 Å². The smallest absolute Gasteiger partial charge is 0.407 e. The van der Waals surface area contributed by atoms with Crippen LogP contribution in [-0.4, -0.2) is 33.4 Å². The molecule has 1 saturated heterocycles. The van der Waals surface area contributed by atoms with Gasteiger partial charge in [-0.25, -0.2) is 15.8 Å². The summed E-state index contributed by atoms with van der Waals surface area (Å²) in [5, 5.41) is 0. The van der Waals surface area contributed by atoms with E-state index < -0.39 is 18.3 Å². The molecule has 162 valence electrons. The van der Waals surface area contributed by atoms with Gasteiger partial charge in [0.1, 0.15) is 17.5 Å². The summed E-state index contributed by atoms with van der Waals surface area (Å²) in [7, 11) is 0. The lowest BCUT2D eigenvalue weighted by Crippen LogP contribution is -2.43. The Kier molecular flexibility index (Phi) is 5.12. The van der Waals surface area contributed by atoms with Crippen LogP contribution in [-0.2, 0) is 6.54 Å². The summed E-state index contributed by atoms with van der Waals surface area (Å²) < 4.78 is 47.5. The average Bonchev–Trinajstić information content (AvgIpc) is 3.44. The Hall–Kier alpha value is -2.95. The third-order valence-corrected chi connectivity index (χ3v) is 5.69. The molecule has 3 N–H and O–H groups in total. The number of benzene rings is 1. The lowest BCUT2D eigenvalue weighted by atomic mass is 9.93. The standard InChI is InChI=1S/C21H21F3N6O/c22-21(23,24)20-19(27-29-28-20)13-5-7-25-16(9-13)17-11-30(12-26-17)10-14-6-8-31-18-4-2-1-3-15(14)18/h1-5,7,9,11-12,14,19-20,27-29H,6,8,10H2. The maximum Gasteiger partial charge on any atom is 0.407 e. The van der Waals surface area contributed by atoms with E-state index in [-0.39, 0.29) is 0 Å². The van der Waals surface area contributed by atoms with Crippen molar-refractivity contribution in [1.82, 2.24) is 30.9 Å². The van der Waals surface area contributed by atoms with Gasteiger partial charge >= 0.3 is 6.18 Å². The van der Waals surface area contributed by atoms with E-state index in [0.717, 1.165) is 18.7 Å². The van der Waals surface area contributed by atoms with Gasteiger partial charge in [0.25, 0.3) is 0 Å². The van der Waals surface area contributed by atoms with Gasteiger partial charge in [-0.05, 0) is 35.7 Å². The highest BCUT2D eigenvalue weighted by Crippen LogP contribution is 2.35. The van der Waals surface area contributed by atoms with Crippen LogP contribution in [0.15, 0.2) is 55.1 Å². The van der Waals surface area contributed by atoms with Crippen LogP contribution < -0.4 is 21.1 Å². The topological polar surface area (TPSA) is 76.0 Å². The third-order valence-electron chi connectivity index (χ3n) is 5.69. The Bertz CT molecular complexity index is 1070. The molecule has 0 radical (unpaired) electrons. The van der Waals surface area contributed by atoms with Crippen LogP contribution in [0.5, 0.6) is 5.75 Å². The SMILES string of the molecule is FC(F)(F)C1NNNC1c1ccnc(-c2cn(CC3CCOc4ccccc43)cn2)c1. The number of hydrogen-bond donors (Lipinski definition) is 3. The molecule has 0 spiro atoms. The van der Waals surface area contributed by atoms with Crippen LogP contribution in [0.1, 0.15) is 29.5 Å². The van der Waals surface area contributed by atoms with Gasteiger partial charge in [-0.2, -0.15) is 18.7 Å². The molecule has 3 aromatic rings. The van der Waals surface area contributed by atoms with Crippen molar-refractivity contribution in [3.8, 4) is 17.1 Å². The fourth-order valence-electron chi connectivity index (χ4n) is 4.14. The normalized spacial score (nSPS) is 23.4. The van der Waals surface area contributed by atoms with Gasteiger partial charge < -0.3 is 9.30 Å². The molecule has 3 atom stereocenters. The number of pyridine rings is 1. The molecule has 4 heterocycles. The number of imidazole rings is 1. The minimum atomic E-state index is -4.40. The summed E-state index contributed by atoms with van der Waals surface area (Å²) in [6, 6.07) is 8.52. The second-order valence-electron chi connectivity index (χ2n) is 7.71. The second kappa shape index (κ2) is 7.95. The van der Waals surface area contributed by atoms with Crippen LogP contribution in [0.25, 0.3) is 11.4 Å². The molecule has 10 heteroatoms. The van der Waals surface area contributed by atoms with Crippen molar-refractivity contribution in [1.29, 1.82) is 0 Å². The van der Waals surface area contributed by atoms with Crippen molar-refractivity contribution in [2.45, 2.75) is 37.1 Å². The van der Waals surface area contributed by atoms with Gasteiger partial charge in [0.15, 0.2) is 0 Å². The summed E-state index contributed by atoms with van der Waals surface area (Å²) in [6.07, 6.45) is 1.63. The van der Waals surface area contributed by atoms with Crippen molar-refractivity contribution < 1.29 is 17.9 Å².